The molecular weight excluding hydrogens is 500 g/mol. The fraction of sp³-hybridized carbons (Fsp3) is 0.185. The summed E-state index contributed by atoms with van der Waals surface area (Å²) in [5.74, 6) is -0.842. The van der Waals surface area contributed by atoms with Gasteiger partial charge in [-0.15, -0.1) is 0 Å². The minimum atomic E-state index is -4.73. The highest BCUT2D eigenvalue weighted by Gasteiger charge is 2.36. The first kappa shape index (κ1) is 25.1. The van der Waals surface area contributed by atoms with Crippen molar-refractivity contribution in [3.63, 3.8) is 0 Å². The van der Waals surface area contributed by atoms with Crippen molar-refractivity contribution >= 4 is 17.2 Å². The highest BCUT2D eigenvalue weighted by atomic mass is 19.4. The van der Waals surface area contributed by atoms with Crippen molar-refractivity contribution in [1.82, 2.24) is 24.4 Å². The second kappa shape index (κ2) is 9.73. The molecule has 0 aliphatic carbocycles. The van der Waals surface area contributed by atoms with Gasteiger partial charge in [0.05, 0.1) is 30.3 Å². The molecule has 0 bridgehead atoms. The Morgan fingerprint density at radius 3 is 2.45 bits per heavy atom. The van der Waals surface area contributed by atoms with E-state index in [0.717, 1.165) is 17.8 Å². The maximum Gasteiger partial charge on any atom is 0.433 e. The van der Waals surface area contributed by atoms with Crippen molar-refractivity contribution in [3.8, 4) is 11.3 Å². The van der Waals surface area contributed by atoms with E-state index in [4.69, 9.17) is 0 Å². The summed E-state index contributed by atoms with van der Waals surface area (Å²) in [5, 5.41) is 10.5. The lowest BCUT2D eigenvalue weighted by atomic mass is 10.0. The maximum absolute atomic E-state index is 13.9. The zero-order valence-corrected chi connectivity index (χ0v) is 20.4. The number of amides is 1. The number of nitrogens with one attached hydrogen (secondary N) is 1. The van der Waals surface area contributed by atoms with Gasteiger partial charge < -0.3 is 5.32 Å². The van der Waals surface area contributed by atoms with Crippen LogP contribution in [0.5, 0.6) is 0 Å². The van der Waals surface area contributed by atoms with Crippen LogP contribution in [0, 0.1) is 5.82 Å². The van der Waals surface area contributed by atoms with E-state index in [9.17, 15) is 22.4 Å². The number of carbonyl (C=O) groups is 1. The predicted molar refractivity (Wildman–Crippen MR) is 133 cm³/mol. The van der Waals surface area contributed by atoms with Gasteiger partial charge in [-0.3, -0.25) is 9.48 Å². The van der Waals surface area contributed by atoms with Gasteiger partial charge in [-0.05, 0) is 23.6 Å². The molecule has 0 atom stereocenters. The molecule has 0 radical (unpaired) electrons. The Morgan fingerprint density at radius 1 is 1.03 bits per heavy atom. The Hall–Kier alpha value is -4.54. The van der Waals surface area contributed by atoms with Gasteiger partial charge in [-0.25, -0.2) is 13.9 Å². The molecule has 194 valence electrons. The average Bonchev–Trinajstić information content (AvgIpc) is 3.51. The number of hydrogen-bond acceptors (Lipinski definition) is 4. The van der Waals surface area contributed by atoms with Crippen LogP contribution in [-0.2, 0) is 12.7 Å². The lowest BCUT2D eigenvalue weighted by Gasteiger charge is -2.12. The van der Waals surface area contributed by atoms with Gasteiger partial charge in [0.25, 0.3) is 5.91 Å². The minimum absolute atomic E-state index is 0.0624. The first-order valence-electron chi connectivity index (χ1n) is 11.7. The molecule has 2 aromatic carbocycles. The quantitative estimate of drug-likeness (QED) is 0.271. The van der Waals surface area contributed by atoms with Gasteiger partial charge in [-0.1, -0.05) is 56.3 Å². The molecule has 0 aliphatic heterocycles. The number of anilines is 1. The van der Waals surface area contributed by atoms with Crippen LogP contribution >= 0.6 is 0 Å². The number of carbonyl (C=O) groups excluding carboxylic acids is 1. The summed E-state index contributed by atoms with van der Waals surface area (Å²) >= 11 is 0. The van der Waals surface area contributed by atoms with Crippen LogP contribution in [0.1, 0.15) is 46.9 Å². The third-order valence-corrected chi connectivity index (χ3v) is 6.06. The molecule has 5 rings (SSSR count). The van der Waals surface area contributed by atoms with E-state index < -0.39 is 17.8 Å². The third-order valence-electron chi connectivity index (χ3n) is 6.06. The number of aromatic nitrogens is 5. The van der Waals surface area contributed by atoms with Crippen LogP contribution in [0.4, 0.5) is 23.2 Å². The molecule has 0 spiro atoms. The standard InChI is InChI=1S/C27H22F4N6O/c1-16(2)17-7-9-18(10-8-17)23-11-24(27(29,30)31)37-25(35-23)21(13-33-37)26(38)34-20-12-32-36(15-20)14-19-5-3-4-6-22(19)28/h3-13,15-16H,14H2,1-2H3,(H,34,38). The van der Waals surface area contributed by atoms with Crippen LogP contribution in [-0.4, -0.2) is 30.3 Å². The lowest BCUT2D eigenvalue weighted by molar-refractivity contribution is -0.142. The van der Waals surface area contributed by atoms with Crippen molar-refractivity contribution < 1.29 is 22.4 Å². The van der Waals surface area contributed by atoms with Gasteiger partial charge in [-0.2, -0.15) is 23.4 Å². The molecule has 38 heavy (non-hydrogen) atoms. The van der Waals surface area contributed by atoms with E-state index in [2.05, 4.69) is 20.5 Å². The third kappa shape index (κ3) is 4.99. The van der Waals surface area contributed by atoms with Gasteiger partial charge in [0.2, 0.25) is 0 Å². The number of alkyl halides is 3. The molecule has 11 heteroatoms. The number of fused-ring (bicyclic) bond motifs is 1. The van der Waals surface area contributed by atoms with Crippen LogP contribution in [0.15, 0.2) is 73.2 Å². The Morgan fingerprint density at radius 2 is 1.76 bits per heavy atom. The zero-order valence-electron chi connectivity index (χ0n) is 20.4. The molecule has 1 N–H and O–H groups in total. The minimum Gasteiger partial charge on any atom is -0.319 e. The Labute approximate surface area is 214 Å². The molecule has 3 aromatic heterocycles. The van der Waals surface area contributed by atoms with E-state index in [1.165, 1.54) is 23.1 Å². The summed E-state index contributed by atoms with van der Waals surface area (Å²) in [4.78, 5) is 17.4. The average molecular weight is 523 g/mol. The molecule has 3 heterocycles. The van der Waals surface area contributed by atoms with Crippen molar-refractivity contribution in [2.75, 3.05) is 5.32 Å². The fourth-order valence-electron chi connectivity index (χ4n) is 4.03. The molecular formula is C27H22F4N6O. The van der Waals surface area contributed by atoms with E-state index in [1.807, 2.05) is 26.0 Å². The predicted octanol–water partition coefficient (Wildman–Crippen LogP) is 6.17. The van der Waals surface area contributed by atoms with E-state index in [1.54, 1.807) is 30.3 Å². The summed E-state index contributed by atoms with van der Waals surface area (Å²) in [5.41, 5.74) is 0.831. The summed E-state index contributed by atoms with van der Waals surface area (Å²) in [6, 6.07) is 14.2. The second-order valence-corrected chi connectivity index (χ2v) is 9.07. The smallest absolute Gasteiger partial charge is 0.319 e. The molecule has 0 saturated carbocycles. The molecule has 0 fully saturated rings. The zero-order chi connectivity index (χ0) is 27.0. The number of hydrogen-bond donors (Lipinski definition) is 1. The molecule has 0 aliphatic rings. The molecule has 1 amide bonds. The Kier molecular flexibility index (Phi) is 6.43. The van der Waals surface area contributed by atoms with Crippen molar-refractivity contribution in [1.29, 1.82) is 0 Å². The second-order valence-electron chi connectivity index (χ2n) is 9.07. The van der Waals surface area contributed by atoms with E-state index in [0.29, 0.717) is 15.6 Å². The van der Waals surface area contributed by atoms with Crippen molar-refractivity contribution in [2.24, 2.45) is 0 Å². The number of benzene rings is 2. The number of nitrogens with zero attached hydrogens (tertiary/aromatic N) is 5. The SMILES string of the molecule is CC(C)c1ccc(-c2cc(C(F)(F)F)n3ncc(C(=O)Nc4cnn(Cc5ccccc5F)c4)c3n2)cc1. The van der Waals surface area contributed by atoms with E-state index in [-0.39, 0.29) is 40.9 Å². The monoisotopic (exact) mass is 522 g/mol. The van der Waals surface area contributed by atoms with Crippen molar-refractivity contribution in [3.05, 3.63) is 101 Å². The largest absolute Gasteiger partial charge is 0.433 e. The molecule has 0 saturated heterocycles. The molecule has 5 aromatic rings. The number of halogens is 4. The highest BCUT2D eigenvalue weighted by molar-refractivity contribution is 6.08. The topological polar surface area (TPSA) is 77.1 Å². The van der Waals surface area contributed by atoms with Crippen molar-refractivity contribution in [2.45, 2.75) is 32.5 Å². The van der Waals surface area contributed by atoms with Crippen LogP contribution in [0.3, 0.4) is 0 Å². The van der Waals surface area contributed by atoms with Crippen LogP contribution in [0.2, 0.25) is 0 Å². The van der Waals surface area contributed by atoms with Crippen LogP contribution in [0.25, 0.3) is 16.9 Å². The fourth-order valence-corrected chi connectivity index (χ4v) is 4.03. The molecule has 0 unspecified atom stereocenters. The van der Waals surface area contributed by atoms with Gasteiger partial charge in [0, 0.05) is 17.3 Å². The highest BCUT2D eigenvalue weighted by Crippen LogP contribution is 2.33. The first-order chi connectivity index (χ1) is 18.1. The number of rotatable bonds is 6. The first-order valence-corrected chi connectivity index (χ1v) is 11.7. The van der Waals surface area contributed by atoms with Gasteiger partial charge >= 0.3 is 6.18 Å². The lowest BCUT2D eigenvalue weighted by Crippen LogP contribution is -2.15. The summed E-state index contributed by atoms with van der Waals surface area (Å²) in [7, 11) is 0. The Balaban J connectivity index is 1.47. The summed E-state index contributed by atoms with van der Waals surface area (Å²) < 4.78 is 57.8. The summed E-state index contributed by atoms with van der Waals surface area (Å²) in [6.07, 6.45) is -0.837. The van der Waals surface area contributed by atoms with E-state index >= 15 is 0 Å². The van der Waals surface area contributed by atoms with Gasteiger partial charge in [0.15, 0.2) is 11.3 Å². The molecule has 7 nitrogen and oxygen atoms in total. The Bertz CT molecular complexity index is 1620. The maximum atomic E-state index is 13.9. The normalized spacial score (nSPS) is 11.9. The van der Waals surface area contributed by atoms with Crippen LogP contribution < -0.4 is 5.32 Å². The van der Waals surface area contributed by atoms with Gasteiger partial charge in [0.1, 0.15) is 11.4 Å². The summed E-state index contributed by atoms with van der Waals surface area (Å²) in [6.45, 7) is 4.17.